The molecule has 2 heterocycles. The molecular formula is C15H25N5O. The fourth-order valence-corrected chi connectivity index (χ4v) is 2.19. The maximum atomic E-state index is 12.4. The molecule has 0 spiro atoms. The zero-order valence-corrected chi connectivity index (χ0v) is 13.3. The second-order valence-corrected chi connectivity index (χ2v) is 6.65. The molecule has 1 aliphatic rings. The van der Waals surface area contributed by atoms with Crippen LogP contribution in [-0.2, 0) is 5.41 Å². The van der Waals surface area contributed by atoms with Gasteiger partial charge in [0.1, 0.15) is 5.82 Å². The molecule has 6 nitrogen and oxygen atoms in total. The van der Waals surface area contributed by atoms with Gasteiger partial charge in [-0.05, 0) is 19.2 Å². The average molecular weight is 291 g/mol. The quantitative estimate of drug-likeness (QED) is 0.845. The molecule has 1 saturated heterocycles. The summed E-state index contributed by atoms with van der Waals surface area (Å²) < 4.78 is 0. The van der Waals surface area contributed by atoms with Gasteiger partial charge in [0.25, 0.3) is 5.91 Å². The highest BCUT2D eigenvalue weighted by molar-refractivity contribution is 5.94. The van der Waals surface area contributed by atoms with E-state index < -0.39 is 0 Å². The van der Waals surface area contributed by atoms with Crippen LogP contribution in [0.1, 0.15) is 36.8 Å². The van der Waals surface area contributed by atoms with Gasteiger partial charge in [-0.25, -0.2) is 9.99 Å². The number of carbonyl (C=O) groups excluding carboxylic acids is 1. The van der Waals surface area contributed by atoms with E-state index in [1.807, 2.05) is 11.1 Å². The molecule has 2 rings (SSSR count). The Labute approximate surface area is 126 Å². The number of hydrogen-bond acceptors (Lipinski definition) is 5. The Morgan fingerprint density at radius 1 is 1.24 bits per heavy atom. The number of amides is 1. The van der Waals surface area contributed by atoms with E-state index in [0.29, 0.717) is 11.4 Å². The summed E-state index contributed by atoms with van der Waals surface area (Å²) in [6.07, 6.45) is 0. The molecule has 1 aromatic rings. The van der Waals surface area contributed by atoms with Gasteiger partial charge in [0.15, 0.2) is 0 Å². The summed E-state index contributed by atoms with van der Waals surface area (Å²) in [5.41, 5.74) is 10.0. The number of likely N-dealkylation sites (N-methyl/N-ethyl adjacent to an activating group) is 1. The topological polar surface area (TPSA) is 74.5 Å². The first-order valence-electron chi connectivity index (χ1n) is 7.28. The lowest BCUT2D eigenvalue weighted by molar-refractivity contribution is 0.0662. The van der Waals surface area contributed by atoms with Crippen LogP contribution >= 0.6 is 0 Å². The molecule has 0 radical (unpaired) electrons. The molecule has 1 aliphatic heterocycles. The van der Waals surface area contributed by atoms with Crippen LogP contribution in [0.4, 0.5) is 5.82 Å². The van der Waals surface area contributed by atoms with Crippen LogP contribution in [0.15, 0.2) is 12.1 Å². The third-order valence-corrected chi connectivity index (χ3v) is 3.64. The molecule has 0 aliphatic carbocycles. The number of nitrogens with two attached hydrogens (primary N) is 1. The van der Waals surface area contributed by atoms with E-state index in [1.165, 1.54) is 0 Å². The number of nitrogens with zero attached hydrogens (tertiary/aromatic N) is 3. The average Bonchev–Trinajstić information content (AvgIpc) is 2.39. The molecule has 0 atom stereocenters. The largest absolute Gasteiger partial charge is 0.384 e. The highest BCUT2D eigenvalue weighted by atomic mass is 16.2. The third-order valence-electron chi connectivity index (χ3n) is 3.64. The molecule has 1 fully saturated rings. The van der Waals surface area contributed by atoms with Gasteiger partial charge in [0.2, 0.25) is 0 Å². The Morgan fingerprint density at radius 2 is 1.86 bits per heavy atom. The van der Waals surface area contributed by atoms with Crippen LogP contribution in [0, 0.1) is 0 Å². The number of hydrazine groups is 1. The van der Waals surface area contributed by atoms with Crippen molar-refractivity contribution in [1.82, 2.24) is 20.3 Å². The minimum Gasteiger partial charge on any atom is -0.384 e. The van der Waals surface area contributed by atoms with Crippen LogP contribution in [0.2, 0.25) is 0 Å². The fourth-order valence-electron chi connectivity index (χ4n) is 2.19. The zero-order chi connectivity index (χ0) is 15.6. The van der Waals surface area contributed by atoms with Gasteiger partial charge >= 0.3 is 0 Å². The SMILES string of the molecule is CN1CCN(NC(=O)c2cc(N)nc(C(C)(C)C)c2)CC1. The zero-order valence-electron chi connectivity index (χ0n) is 13.3. The Bertz CT molecular complexity index is 515. The summed E-state index contributed by atoms with van der Waals surface area (Å²) in [7, 11) is 2.08. The molecule has 6 heteroatoms. The first-order valence-corrected chi connectivity index (χ1v) is 7.28. The molecular weight excluding hydrogens is 266 g/mol. The molecule has 0 bridgehead atoms. The predicted molar refractivity (Wildman–Crippen MR) is 83.9 cm³/mol. The Morgan fingerprint density at radius 3 is 2.43 bits per heavy atom. The first-order chi connectivity index (χ1) is 9.75. The van der Waals surface area contributed by atoms with E-state index in [0.717, 1.165) is 31.9 Å². The van der Waals surface area contributed by atoms with Crippen LogP contribution in [-0.4, -0.2) is 54.0 Å². The second-order valence-electron chi connectivity index (χ2n) is 6.65. The van der Waals surface area contributed by atoms with Crippen molar-refractivity contribution < 1.29 is 4.79 Å². The van der Waals surface area contributed by atoms with Gasteiger partial charge in [-0.2, -0.15) is 0 Å². The van der Waals surface area contributed by atoms with E-state index in [9.17, 15) is 4.79 Å². The Hall–Kier alpha value is -1.66. The number of nitrogens with one attached hydrogen (secondary N) is 1. The van der Waals surface area contributed by atoms with Crippen molar-refractivity contribution in [1.29, 1.82) is 0 Å². The molecule has 1 aromatic heterocycles. The highest BCUT2D eigenvalue weighted by Gasteiger charge is 2.20. The van der Waals surface area contributed by atoms with E-state index in [4.69, 9.17) is 5.73 Å². The van der Waals surface area contributed by atoms with E-state index in [1.54, 1.807) is 6.07 Å². The third kappa shape index (κ3) is 4.15. The van der Waals surface area contributed by atoms with E-state index in [2.05, 4.69) is 43.1 Å². The van der Waals surface area contributed by atoms with Crippen molar-refractivity contribution in [3.8, 4) is 0 Å². The van der Waals surface area contributed by atoms with Gasteiger partial charge in [-0.15, -0.1) is 0 Å². The minimum atomic E-state index is -0.141. The van der Waals surface area contributed by atoms with Gasteiger partial charge in [0, 0.05) is 42.9 Å². The molecule has 1 amide bonds. The smallest absolute Gasteiger partial charge is 0.265 e. The Balaban J connectivity index is 2.10. The fraction of sp³-hybridized carbons (Fsp3) is 0.600. The number of anilines is 1. The number of rotatable bonds is 2. The lowest BCUT2D eigenvalue weighted by Gasteiger charge is -2.32. The summed E-state index contributed by atoms with van der Waals surface area (Å²) in [6, 6.07) is 3.45. The number of carbonyl (C=O) groups is 1. The summed E-state index contributed by atoms with van der Waals surface area (Å²) >= 11 is 0. The van der Waals surface area contributed by atoms with Crippen molar-refractivity contribution in [2.45, 2.75) is 26.2 Å². The molecule has 116 valence electrons. The molecule has 3 N–H and O–H groups in total. The van der Waals surface area contributed by atoms with E-state index >= 15 is 0 Å². The van der Waals surface area contributed by atoms with Gasteiger partial charge in [-0.3, -0.25) is 10.2 Å². The molecule has 0 aromatic carbocycles. The first kappa shape index (κ1) is 15.7. The van der Waals surface area contributed by atoms with Gasteiger partial charge in [0.05, 0.1) is 0 Å². The molecule has 0 saturated carbocycles. The van der Waals surface area contributed by atoms with Crippen molar-refractivity contribution in [2.75, 3.05) is 39.0 Å². The summed E-state index contributed by atoms with van der Waals surface area (Å²) in [5, 5.41) is 1.95. The minimum absolute atomic E-state index is 0.126. The van der Waals surface area contributed by atoms with Crippen molar-refractivity contribution >= 4 is 11.7 Å². The Kier molecular flexibility index (Phi) is 4.49. The number of pyridine rings is 1. The summed E-state index contributed by atoms with van der Waals surface area (Å²) in [6.45, 7) is 9.71. The summed E-state index contributed by atoms with van der Waals surface area (Å²) in [5.74, 6) is 0.255. The normalized spacial score (nSPS) is 17.7. The number of hydrogen-bond donors (Lipinski definition) is 2. The molecule has 0 unspecified atom stereocenters. The number of piperazine rings is 1. The second kappa shape index (κ2) is 5.99. The highest BCUT2D eigenvalue weighted by Crippen LogP contribution is 2.22. The molecule has 21 heavy (non-hydrogen) atoms. The number of aromatic nitrogens is 1. The maximum absolute atomic E-state index is 12.4. The maximum Gasteiger partial charge on any atom is 0.265 e. The van der Waals surface area contributed by atoms with Gasteiger partial charge in [-0.1, -0.05) is 20.8 Å². The monoisotopic (exact) mass is 291 g/mol. The van der Waals surface area contributed by atoms with Crippen molar-refractivity contribution in [2.24, 2.45) is 0 Å². The van der Waals surface area contributed by atoms with Crippen molar-refractivity contribution in [3.63, 3.8) is 0 Å². The van der Waals surface area contributed by atoms with Crippen LogP contribution in [0.25, 0.3) is 0 Å². The van der Waals surface area contributed by atoms with Crippen molar-refractivity contribution in [3.05, 3.63) is 23.4 Å². The predicted octanol–water partition coefficient (Wildman–Crippen LogP) is 0.853. The standard InChI is InChI=1S/C15H25N5O/c1-15(2,3)12-9-11(10-13(16)17-12)14(21)18-20-7-5-19(4)6-8-20/h9-10H,5-8H2,1-4H3,(H2,16,17)(H,18,21). The lowest BCUT2D eigenvalue weighted by Crippen LogP contribution is -2.52. The number of nitrogen functional groups attached to an aromatic ring is 1. The van der Waals surface area contributed by atoms with Crippen LogP contribution in [0.3, 0.4) is 0 Å². The van der Waals surface area contributed by atoms with E-state index in [-0.39, 0.29) is 11.3 Å². The summed E-state index contributed by atoms with van der Waals surface area (Å²) in [4.78, 5) is 18.9. The van der Waals surface area contributed by atoms with Crippen LogP contribution < -0.4 is 11.2 Å². The van der Waals surface area contributed by atoms with Gasteiger partial charge < -0.3 is 10.6 Å². The lowest BCUT2D eigenvalue weighted by atomic mass is 9.90. The van der Waals surface area contributed by atoms with Crippen LogP contribution in [0.5, 0.6) is 0 Å².